The molecule has 0 saturated heterocycles. The highest BCUT2D eigenvalue weighted by Crippen LogP contribution is 2.00. The van der Waals surface area contributed by atoms with E-state index in [-0.39, 0.29) is 31.7 Å². The fourth-order valence-electron chi connectivity index (χ4n) is 0.929. The van der Waals surface area contributed by atoms with E-state index in [1.54, 1.807) is 6.92 Å². The van der Waals surface area contributed by atoms with E-state index in [0.717, 1.165) is 0 Å². The first-order chi connectivity index (χ1) is 7.43. The number of hydrogen-bond acceptors (Lipinski definition) is 4. The predicted molar refractivity (Wildman–Crippen MR) is 56.9 cm³/mol. The summed E-state index contributed by atoms with van der Waals surface area (Å²) in [5.74, 6) is -1.59. The first-order valence-corrected chi connectivity index (χ1v) is 4.99. The summed E-state index contributed by atoms with van der Waals surface area (Å²) >= 11 is 0. The molecular formula is C11H16O5. The molecular weight excluding hydrogens is 212 g/mol. The first kappa shape index (κ1) is 14.3. The van der Waals surface area contributed by atoms with E-state index < -0.39 is 11.9 Å². The number of ether oxygens (including phenoxy) is 1. The zero-order valence-electron chi connectivity index (χ0n) is 9.32. The number of carboxylic acid groups (broad SMARTS) is 1. The number of aliphatic carboxylic acids is 1. The molecule has 0 heterocycles. The molecule has 16 heavy (non-hydrogen) atoms. The average Bonchev–Trinajstić information content (AvgIpc) is 2.20. The molecule has 0 unspecified atom stereocenters. The largest absolute Gasteiger partial charge is 0.481 e. The molecule has 0 fully saturated rings. The molecule has 5 heteroatoms. The van der Waals surface area contributed by atoms with Crippen molar-refractivity contribution in [2.24, 2.45) is 0 Å². The van der Waals surface area contributed by atoms with Gasteiger partial charge in [0, 0.05) is 18.4 Å². The van der Waals surface area contributed by atoms with Gasteiger partial charge in [-0.3, -0.25) is 9.59 Å². The van der Waals surface area contributed by atoms with Gasteiger partial charge in [-0.15, -0.1) is 0 Å². The Morgan fingerprint density at radius 2 is 1.81 bits per heavy atom. The van der Waals surface area contributed by atoms with Gasteiger partial charge < -0.3 is 9.84 Å². The molecule has 0 rings (SSSR count). The van der Waals surface area contributed by atoms with Gasteiger partial charge in [0.15, 0.2) is 0 Å². The van der Waals surface area contributed by atoms with Crippen molar-refractivity contribution < 1.29 is 24.2 Å². The first-order valence-electron chi connectivity index (χ1n) is 4.99. The van der Waals surface area contributed by atoms with Crippen LogP contribution in [0.5, 0.6) is 0 Å². The molecule has 1 N–H and O–H groups in total. The highest BCUT2D eigenvalue weighted by atomic mass is 16.5. The van der Waals surface area contributed by atoms with Gasteiger partial charge in [0.2, 0.25) is 0 Å². The SMILES string of the molecule is C=C(C)C(=O)OCCCC(=O)CCC(=O)O. The Hall–Kier alpha value is -1.65. The smallest absolute Gasteiger partial charge is 0.333 e. The van der Waals surface area contributed by atoms with Gasteiger partial charge in [0.1, 0.15) is 5.78 Å². The van der Waals surface area contributed by atoms with Crippen LogP contribution in [-0.2, 0) is 19.1 Å². The van der Waals surface area contributed by atoms with E-state index in [9.17, 15) is 14.4 Å². The van der Waals surface area contributed by atoms with Crippen LogP contribution < -0.4 is 0 Å². The Morgan fingerprint density at radius 1 is 1.19 bits per heavy atom. The maximum absolute atomic E-state index is 11.1. The molecule has 0 aromatic carbocycles. The van der Waals surface area contributed by atoms with E-state index in [1.165, 1.54) is 0 Å². The lowest BCUT2D eigenvalue weighted by Gasteiger charge is -2.03. The molecule has 0 atom stereocenters. The van der Waals surface area contributed by atoms with Crippen LogP contribution >= 0.6 is 0 Å². The van der Waals surface area contributed by atoms with Crippen molar-refractivity contribution in [2.75, 3.05) is 6.61 Å². The van der Waals surface area contributed by atoms with Crippen molar-refractivity contribution in [3.05, 3.63) is 12.2 Å². The van der Waals surface area contributed by atoms with E-state index in [2.05, 4.69) is 6.58 Å². The minimum atomic E-state index is -0.984. The monoisotopic (exact) mass is 228 g/mol. The molecule has 0 spiro atoms. The van der Waals surface area contributed by atoms with Crippen molar-refractivity contribution in [3.8, 4) is 0 Å². The van der Waals surface area contributed by atoms with Crippen LogP contribution in [0.1, 0.15) is 32.6 Å². The molecule has 0 aromatic rings. The van der Waals surface area contributed by atoms with Crippen molar-refractivity contribution in [1.82, 2.24) is 0 Å². The minimum Gasteiger partial charge on any atom is -0.481 e. The molecule has 0 aliphatic heterocycles. The van der Waals surface area contributed by atoms with Gasteiger partial charge in [-0.25, -0.2) is 4.79 Å². The maximum atomic E-state index is 11.1. The van der Waals surface area contributed by atoms with Crippen molar-refractivity contribution >= 4 is 17.7 Å². The lowest BCUT2D eigenvalue weighted by molar-refractivity contribution is -0.139. The van der Waals surface area contributed by atoms with Gasteiger partial charge in [-0.05, 0) is 13.3 Å². The number of esters is 1. The summed E-state index contributed by atoms with van der Waals surface area (Å²) in [5, 5.41) is 8.34. The normalized spacial score (nSPS) is 9.56. The molecule has 5 nitrogen and oxygen atoms in total. The molecule has 0 bridgehead atoms. The summed E-state index contributed by atoms with van der Waals surface area (Å²) < 4.78 is 4.77. The van der Waals surface area contributed by atoms with E-state index in [4.69, 9.17) is 9.84 Å². The van der Waals surface area contributed by atoms with Crippen LogP contribution in [0.2, 0.25) is 0 Å². The lowest BCUT2D eigenvalue weighted by Crippen LogP contribution is -2.08. The Bertz CT molecular complexity index is 293. The van der Waals surface area contributed by atoms with Crippen molar-refractivity contribution in [1.29, 1.82) is 0 Å². The summed E-state index contributed by atoms with van der Waals surface area (Å²) in [6.07, 6.45) is 0.530. The molecule has 90 valence electrons. The van der Waals surface area contributed by atoms with Crippen LogP contribution in [0.4, 0.5) is 0 Å². The number of carboxylic acids is 1. The molecule has 0 amide bonds. The molecule has 0 aliphatic carbocycles. The highest BCUT2D eigenvalue weighted by molar-refractivity contribution is 5.87. The zero-order valence-corrected chi connectivity index (χ0v) is 9.32. The summed E-state index contributed by atoms with van der Waals surface area (Å²) in [6.45, 7) is 5.11. The summed E-state index contributed by atoms with van der Waals surface area (Å²) in [6, 6.07) is 0. The number of rotatable bonds is 8. The van der Waals surface area contributed by atoms with Crippen molar-refractivity contribution in [3.63, 3.8) is 0 Å². The number of carbonyl (C=O) groups excluding carboxylic acids is 2. The fraction of sp³-hybridized carbons (Fsp3) is 0.545. The number of hydrogen-bond donors (Lipinski definition) is 1. The third-order valence-electron chi connectivity index (χ3n) is 1.80. The van der Waals surface area contributed by atoms with Crippen LogP contribution in [0, 0.1) is 0 Å². The Morgan fingerprint density at radius 3 is 2.31 bits per heavy atom. The third-order valence-corrected chi connectivity index (χ3v) is 1.80. The quantitative estimate of drug-likeness (QED) is 0.385. The summed E-state index contributed by atoms with van der Waals surface area (Å²) in [5.41, 5.74) is 0.317. The van der Waals surface area contributed by atoms with Crippen molar-refractivity contribution in [2.45, 2.75) is 32.6 Å². The number of Topliss-reactive ketones (excluding diaryl/α,β-unsaturated/α-hetero) is 1. The second-order valence-electron chi connectivity index (χ2n) is 3.45. The zero-order chi connectivity index (χ0) is 12.6. The predicted octanol–water partition coefficient (Wildman–Crippen LogP) is 1.32. The topological polar surface area (TPSA) is 80.7 Å². The molecule has 0 aromatic heterocycles. The Kier molecular flexibility index (Phi) is 6.83. The standard InChI is InChI=1S/C11H16O5/c1-8(2)11(15)16-7-3-4-9(12)5-6-10(13)14/h1,3-7H2,2H3,(H,13,14). The highest BCUT2D eigenvalue weighted by Gasteiger charge is 2.07. The van der Waals surface area contributed by atoms with Gasteiger partial charge in [0.05, 0.1) is 13.0 Å². The lowest BCUT2D eigenvalue weighted by atomic mass is 10.1. The number of carbonyl (C=O) groups is 3. The minimum absolute atomic E-state index is 0.0315. The van der Waals surface area contributed by atoms with Gasteiger partial charge in [0.25, 0.3) is 0 Å². The van der Waals surface area contributed by atoms with E-state index >= 15 is 0 Å². The van der Waals surface area contributed by atoms with Gasteiger partial charge in [-0.1, -0.05) is 6.58 Å². The average molecular weight is 228 g/mol. The molecule has 0 saturated carbocycles. The maximum Gasteiger partial charge on any atom is 0.333 e. The van der Waals surface area contributed by atoms with Crippen LogP contribution in [0.25, 0.3) is 0 Å². The summed E-state index contributed by atoms with van der Waals surface area (Å²) in [7, 11) is 0. The second kappa shape index (κ2) is 7.62. The van der Waals surface area contributed by atoms with E-state index in [1.807, 2.05) is 0 Å². The molecule has 0 aliphatic rings. The summed E-state index contributed by atoms with van der Waals surface area (Å²) in [4.78, 5) is 32.2. The Balaban J connectivity index is 3.52. The van der Waals surface area contributed by atoms with E-state index in [0.29, 0.717) is 12.0 Å². The Labute approximate surface area is 94.1 Å². The van der Waals surface area contributed by atoms with Crippen LogP contribution in [0.3, 0.4) is 0 Å². The molecule has 0 radical (unpaired) electrons. The number of ketones is 1. The van der Waals surface area contributed by atoms with Gasteiger partial charge >= 0.3 is 11.9 Å². The van der Waals surface area contributed by atoms with Gasteiger partial charge in [-0.2, -0.15) is 0 Å². The second-order valence-corrected chi connectivity index (χ2v) is 3.45. The van der Waals surface area contributed by atoms with Crippen LogP contribution in [0.15, 0.2) is 12.2 Å². The fourth-order valence-corrected chi connectivity index (χ4v) is 0.929. The van der Waals surface area contributed by atoms with Crippen LogP contribution in [-0.4, -0.2) is 29.4 Å². The third kappa shape index (κ3) is 7.73.